The highest BCUT2D eigenvalue weighted by Crippen LogP contribution is 2.23. The average Bonchev–Trinajstić information content (AvgIpc) is 2.41. The van der Waals surface area contributed by atoms with E-state index in [1.807, 2.05) is 24.4 Å². The van der Waals surface area contributed by atoms with Crippen LogP contribution in [0.2, 0.25) is 5.02 Å². The molecule has 3 nitrogen and oxygen atoms in total. The van der Waals surface area contributed by atoms with Gasteiger partial charge in [-0.25, -0.2) is 0 Å². The number of rotatable bonds is 4. The second-order valence-corrected chi connectivity index (χ2v) is 4.58. The van der Waals surface area contributed by atoms with E-state index in [0.29, 0.717) is 11.6 Å². The first-order valence-corrected chi connectivity index (χ1v) is 6.15. The third kappa shape index (κ3) is 3.22. The molecule has 94 valence electrons. The smallest absolute Gasteiger partial charge is 0.134 e. The van der Waals surface area contributed by atoms with Crippen molar-refractivity contribution in [3.05, 3.63) is 58.9 Å². The molecule has 4 heteroatoms. The topological polar surface area (TPSA) is 45.1 Å². The van der Waals surface area contributed by atoms with Crippen LogP contribution in [0.25, 0.3) is 0 Å². The van der Waals surface area contributed by atoms with Gasteiger partial charge in [0, 0.05) is 25.0 Å². The number of phenolic OH excluding ortho intramolecular Hbond substituents is 1. The molecule has 0 aliphatic heterocycles. The lowest BCUT2D eigenvalue weighted by atomic mass is 10.1. The van der Waals surface area contributed by atoms with Gasteiger partial charge in [-0.05, 0) is 36.2 Å². The molecule has 0 radical (unpaired) electrons. The molecule has 0 saturated carbocycles. The zero-order valence-corrected chi connectivity index (χ0v) is 10.9. The number of halogens is 1. The SMILES string of the molecule is C[C@H](NCc1ccc(O)c(Cl)c1)c1cccnc1. The maximum absolute atomic E-state index is 9.34. The number of phenols is 1. The molecule has 0 unspecified atom stereocenters. The minimum atomic E-state index is 0.112. The van der Waals surface area contributed by atoms with E-state index < -0.39 is 0 Å². The van der Waals surface area contributed by atoms with E-state index in [2.05, 4.69) is 17.2 Å². The van der Waals surface area contributed by atoms with Crippen molar-refractivity contribution in [1.82, 2.24) is 10.3 Å². The van der Waals surface area contributed by atoms with Crippen molar-refractivity contribution in [2.75, 3.05) is 0 Å². The maximum atomic E-state index is 9.34. The van der Waals surface area contributed by atoms with Gasteiger partial charge in [0.2, 0.25) is 0 Å². The molecule has 2 aromatic rings. The first kappa shape index (κ1) is 12.9. The zero-order chi connectivity index (χ0) is 13.0. The van der Waals surface area contributed by atoms with Crippen molar-refractivity contribution in [3.63, 3.8) is 0 Å². The largest absolute Gasteiger partial charge is 0.506 e. The van der Waals surface area contributed by atoms with Crippen LogP contribution in [0.5, 0.6) is 5.75 Å². The van der Waals surface area contributed by atoms with Crippen molar-refractivity contribution in [2.24, 2.45) is 0 Å². The summed E-state index contributed by atoms with van der Waals surface area (Å²) in [6.07, 6.45) is 3.61. The molecule has 1 aromatic carbocycles. The minimum Gasteiger partial charge on any atom is -0.506 e. The summed E-state index contributed by atoms with van der Waals surface area (Å²) in [4.78, 5) is 4.09. The van der Waals surface area contributed by atoms with Gasteiger partial charge in [-0.3, -0.25) is 4.98 Å². The molecule has 0 aliphatic carbocycles. The van der Waals surface area contributed by atoms with Gasteiger partial charge >= 0.3 is 0 Å². The molecule has 1 heterocycles. The van der Waals surface area contributed by atoms with E-state index in [-0.39, 0.29) is 11.8 Å². The van der Waals surface area contributed by atoms with Crippen molar-refractivity contribution >= 4 is 11.6 Å². The van der Waals surface area contributed by atoms with Crippen LogP contribution in [-0.2, 0) is 6.54 Å². The summed E-state index contributed by atoms with van der Waals surface area (Å²) in [7, 11) is 0. The molecule has 0 aliphatic rings. The van der Waals surface area contributed by atoms with Crippen LogP contribution in [0.3, 0.4) is 0 Å². The molecule has 0 bridgehead atoms. The van der Waals surface area contributed by atoms with Gasteiger partial charge in [0.25, 0.3) is 0 Å². The molecule has 0 amide bonds. The number of nitrogens with one attached hydrogen (secondary N) is 1. The Morgan fingerprint density at radius 3 is 2.89 bits per heavy atom. The minimum absolute atomic E-state index is 0.112. The van der Waals surface area contributed by atoms with Crippen LogP contribution in [-0.4, -0.2) is 10.1 Å². The number of aromatic nitrogens is 1. The Hall–Kier alpha value is -1.58. The van der Waals surface area contributed by atoms with Gasteiger partial charge in [0.05, 0.1) is 5.02 Å². The summed E-state index contributed by atoms with van der Waals surface area (Å²) < 4.78 is 0. The van der Waals surface area contributed by atoms with Crippen molar-refractivity contribution < 1.29 is 5.11 Å². The number of hydrogen-bond acceptors (Lipinski definition) is 3. The third-order valence-electron chi connectivity index (χ3n) is 2.81. The molecule has 0 fully saturated rings. The summed E-state index contributed by atoms with van der Waals surface area (Å²) in [5, 5.41) is 13.1. The third-order valence-corrected chi connectivity index (χ3v) is 3.11. The van der Waals surface area contributed by atoms with Crippen LogP contribution >= 0.6 is 11.6 Å². The predicted molar refractivity (Wildman–Crippen MR) is 72.6 cm³/mol. The molecule has 2 rings (SSSR count). The Labute approximate surface area is 111 Å². The highest BCUT2D eigenvalue weighted by atomic mass is 35.5. The number of hydrogen-bond donors (Lipinski definition) is 2. The fraction of sp³-hybridized carbons (Fsp3) is 0.214. The van der Waals surface area contributed by atoms with Crippen molar-refractivity contribution in [1.29, 1.82) is 0 Å². The lowest BCUT2D eigenvalue weighted by Gasteiger charge is -2.14. The highest BCUT2D eigenvalue weighted by Gasteiger charge is 2.05. The van der Waals surface area contributed by atoms with Gasteiger partial charge in [-0.1, -0.05) is 23.7 Å². The summed E-state index contributed by atoms with van der Waals surface area (Å²) in [6.45, 7) is 2.77. The maximum Gasteiger partial charge on any atom is 0.134 e. The van der Waals surface area contributed by atoms with E-state index in [1.165, 1.54) is 0 Å². The van der Waals surface area contributed by atoms with Gasteiger partial charge in [0.1, 0.15) is 5.75 Å². The van der Waals surface area contributed by atoms with Gasteiger partial charge in [-0.15, -0.1) is 0 Å². The van der Waals surface area contributed by atoms with E-state index in [4.69, 9.17) is 11.6 Å². The van der Waals surface area contributed by atoms with Crippen LogP contribution in [0.1, 0.15) is 24.1 Å². The number of aromatic hydroxyl groups is 1. The lowest BCUT2D eigenvalue weighted by Crippen LogP contribution is -2.18. The Balaban J connectivity index is 1.97. The Kier molecular flexibility index (Phi) is 4.18. The second kappa shape index (κ2) is 5.85. The second-order valence-electron chi connectivity index (χ2n) is 4.17. The first-order valence-electron chi connectivity index (χ1n) is 5.77. The molecule has 0 saturated heterocycles. The van der Waals surface area contributed by atoms with Gasteiger partial charge in [-0.2, -0.15) is 0 Å². The fourth-order valence-corrected chi connectivity index (χ4v) is 1.88. The number of pyridine rings is 1. The molecule has 1 aromatic heterocycles. The van der Waals surface area contributed by atoms with Crippen molar-refractivity contribution in [2.45, 2.75) is 19.5 Å². The lowest BCUT2D eigenvalue weighted by molar-refractivity contribution is 0.475. The zero-order valence-electron chi connectivity index (χ0n) is 10.1. The molecule has 1 atom stereocenters. The normalized spacial score (nSPS) is 12.3. The summed E-state index contributed by atoms with van der Waals surface area (Å²) in [5.74, 6) is 0.112. The number of nitrogens with zero attached hydrogens (tertiary/aromatic N) is 1. The molecule has 18 heavy (non-hydrogen) atoms. The quantitative estimate of drug-likeness (QED) is 0.889. The summed E-state index contributed by atoms with van der Waals surface area (Å²) in [5.41, 5.74) is 2.18. The number of benzene rings is 1. The monoisotopic (exact) mass is 262 g/mol. The first-order chi connectivity index (χ1) is 8.66. The van der Waals surface area contributed by atoms with E-state index >= 15 is 0 Å². The van der Waals surface area contributed by atoms with Crippen molar-refractivity contribution in [3.8, 4) is 5.75 Å². The Morgan fingerprint density at radius 1 is 1.39 bits per heavy atom. The van der Waals surface area contributed by atoms with Gasteiger partial charge in [0.15, 0.2) is 0 Å². The van der Waals surface area contributed by atoms with Crippen LogP contribution in [0.4, 0.5) is 0 Å². The Morgan fingerprint density at radius 2 is 2.22 bits per heavy atom. The van der Waals surface area contributed by atoms with E-state index in [1.54, 1.807) is 18.3 Å². The fourth-order valence-electron chi connectivity index (χ4n) is 1.68. The summed E-state index contributed by atoms with van der Waals surface area (Å²) in [6, 6.07) is 9.39. The molecular weight excluding hydrogens is 248 g/mol. The standard InChI is InChI=1S/C14H15ClN2O/c1-10(12-3-2-6-16-9-12)17-8-11-4-5-14(18)13(15)7-11/h2-7,9-10,17-18H,8H2,1H3/t10-/m0/s1. The molecule has 0 spiro atoms. The van der Waals surface area contributed by atoms with Crippen LogP contribution in [0, 0.1) is 0 Å². The van der Waals surface area contributed by atoms with E-state index in [9.17, 15) is 5.11 Å². The van der Waals surface area contributed by atoms with Gasteiger partial charge < -0.3 is 10.4 Å². The van der Waals surface area contributed by atoms with Crippen LogP contribution in [0.15, 0.2) is 42.7 Å². The predicted octanol–water partition coefficient (Wildman–Crippen LogP) is 3.29. The molecule has 2 N–H and O–H groups in total. The average molecular weight is 263 g/mol. The van der Waals surface area contributed by atoms with E-state index in [0.717, 1.165) is 11.1 Å². The highest BCUT2D eigenvalue weighted by molar-refractivity contribution is 6.32. The van der Waals surface area contributed by atoms with Crippen LogP contribution < -0.4 is 5.32 Å². The summed E-state index contributed by atoms with van der Waals surface area (Å²) >= 11 is 5.86. The Bertz CT molecular complexity index is 516. The molecular formula is C14H15ClN2O.